The van der Waals surface area contributed by atoms with Crippen molar-refractivity contribution in [2.45, 2.75) is 12.8 Å². The van der Waals surface area contributed by atoms with E-state index >= 15 is 0 Å². The second-order valence-corrected chi connectivity index (χ2v) is 4.99. The zero-order valence-corrected chi connectivity index (χ0v) is 10.7. The molecule has 4 heteroatoms. The summed E-state index contributed by atoms with van der Waals surface area (Å²) in [7, 11) is 0. The van der Waals surface area contributed by atoms with Crippen molar-refractivity contribution >= 4 is 27.3 Å². The van der Waals surface area contributed by atoms with Crippen LogP contribution in [0.5, 0.6) is 0 Å². The minimum Gasteiger partial charge on any atom is -0.397 e. The van der Waals surface area contributed by atoms with E-state index in [0.29, 0.717) is 17.3 Å². The van der Waals surface area contributed by atoms with Gasteiger partial charge in [0.2, 0.25) is 0 Å². The molecule has 1 aliphatic heterocycles. The summed E-state index contributed by atoms with van der Waals surface area (Å²) in [4.78, 5) is 0. The summed E-state index contributed by atoms with van der Waals surface area (Å²) in [5.74, 6) is 0.345. The lowest BCUT2D eigenvalue weighted by Crippen LogP contribution is -2.32. The molecule has 86 valence electrons. The van der Waals surface area contributed by atoms with Crippen LogP contribution < -0.4 is 11.1 Å². The number of hydrogen-bond donors (Lipinski definition) is 3. The van der Waals surface area contributed by atoms with Crippen molar-refractivity contribution in [3.8, 4) is 0 Å². The number of nitrogen functional groups attached to an aromatic ring is 1. The van der Waals surface area contributed by atoms with Gasteiger partial charge in [0, 0.05) is 21.7 Å². The topological polar surface area (TPSA) is 61.9 Å². The van der Waals surface area contributed by atoms with E-state index in [1.54, 1.807) is 0 Å². The molecule has 0 bridgehead atoms. The Labute approximate surface area is 104 Å². The van der Waals surface area contributed by atoms with E-state index in [0.717, 1.165) is 36.0 Å². The van der Waals surface area contributed by atoms with Gasteiger partial charge < -0.3 is 16.5 Å². The third-order valence-corrected chi connectivity index (χ3v) is 3.78. The zero-order chi connectivity index (χ0) is 11.5. The number of anilines is 1. The minimum atomic E-state index is 0.345. The maximum atomic E-state index is 8.23. The molecule has 1 saturated heterocycles. The summed E-state index contributed by atoms with van der Waals surface area (Å²) in [5.41, 5.74) is 8.23. The fraction of sp³-hybridized carbons (Fsp3) is 0.417. The van der Waals surface area contributed by atoms with Gasteiger partial charge in [-0.15, -0.1) is 0 Å². The van der Waals surface area contributed by atoms with Crippen molar-refractivity contribution in [1.29, 1.82) is 5.41 Å². The standard InChI is InChI=1S/C12H16BrN3/c13-10-3-1-2-9(12(10)15)11(14)8-4-6-16-7-5-8/h1-3,8,14,16H,4-7,15H2. The van der Waals surface area contributed by atoms with Crippen LogP contribution in [0.15, 0.2) is 22.7 Å². The van der Waals surface area contributed by atoms with Crippen LogP contribution in [-0.4, -0.2) is 18.8 Å². The first-order chi connectivity index (χ1) is 7.70. The van der Waals surface area contributed by atoms with E-state index in [1.807, 2.05) is 18.2 Å². The fourth-order valence-corrected chi connectivity index (χ4v) is 2.47. The lowest BCUT2D eigenvalue weighted by molar-refractivity contribution is 0.456. The highest BCUT2D eigenvalue weighted by molar-refractivity contribution is 9.10. The molecule has 0 aliphatic carbocycles. The number of halogens is 1. The molecule has 1 heterocycles. The number of hydrogen-bond acceptors (Lipinski definition) is 3. The molecule has 0 aromatic heterocycles. The van der Waals surface area contributed by atoms with Crippen LogP contribution in [0.3, 0.4) is 0 Å². The van der Waals surface area contributed by atoms with E-state index in [4.69, 9.17) is 11.1 Å². The molecule has 2 rings (SSSR count). The van der Waals surface area contributed by atoms with Crippen molar-refractivity contribution in [3.63, 3.8) is 0 Å². The largest absolute Gasteiger partial charge is 0.397 e. The molecule has 0 saturated carbocycles. The molecule has 0 spiro atoms. The SMILES string of the molecule is N=C(c1cccc(Br)c1N)C1CCNCC1. The Bertz CT molecular complexity index is 397. The van der Waals surface area contributed by atoms with Gasteiger partial charge in [0.25, 0.3) is 0 Å². The van der Waals surface area contributed by atoms with Gasteiger partial charge in [0.1, 0.15) is 0 Å². The van der Waals surface area contributed by atoms with Gasteiger partial charge in [-0.3, -0.25) is 0 Å². The second kappa shape index (κ2) is 4.97. The van der Waals surface area contributed by atoms with Crippen LogP contribution in [0.4, 0.5) is 5.69 Å². The molecule has 1 fully saturated rings. The van der Waals surface area contributed by atoms with Crippen molar-refractivity contribution < 1.29 is 0 Å². The molecular weight excluding hydrogens is 266 g/mol. The maximum Gasteiger partial charge on any atom is 0.0550 e. The Morgan fingerprint density at radius 3 is 2.75 bits per heavy atom. The lowest BCUT2D eigenvalue weighted by atomic mass is 9.88. The number of rotatable bonds is 2. The Balaban J connectivity index is 2.22. The molecule has 1 aromatic rings. The monoisotopic (exact) mass is 281 g/mol. The summed E-state index contributed by atoms with van der Waals surface area (Å²) in [6.07, 6.45) is 2.07. The summed E-state index contributed by atoms with van der Waals surface area (Å²) in [6, 6.07) is 5.78. The summed E-state index contributed by atoms with van der Waals surface area (Å²) >= 11 is 3.40. The lowest BCUT2D eigenvalue weighted by Gasteiger charge is -2.24. The van der Waals surface area contributed by atoms with Crippen LogP contribution in [-0.2, 0) is 0 Å². The van der Waals surface area contributed by atoms with Crippen molar-refractivity contribution in [2.24, 2.45) is 5.92 Å². The first kappa shape index (κ1) is 11.6. The second-order valence-electron chi connectivity index (χ2n) is 4.14. The van der Waals surface area contributed by atoms with Gasteiger partial charge in [-0.1, -0.05) is 12.1 Å². The number of para-hydroxylation sites is 1. The van der Waals surface area contributed by atoms with Gasteiger partial charge in [-0.25, -0.2) is 0 Å². The van der Waals surface area contributed by atoms with Gasteiger partial charge in [0.15, 0.2) is 0 Å². The average Bonchev–Trinajstić information content (AvgIpc) is 2.33. The molecule has 16 heavy (non-hydrogen) atoms. The third kappa shape index (κ3) is 2.28. The van der Waals surface area contributed by atoms with Gasteiger partial charge >= 0.3 is 0 Å². The average molecular weight is 282 g/mol. The van der Waals surface area contributed by atoms with E-state index in [-0.39, 0.29) is 0 Å². The Morgan fingerprint density at radius 1 is 1.38 bits per heavy atom. The highest BCUT2D eigenvalue weighted by atomic mass is 79.9. The predicted molar refractivity (Wildman–Crippen MR) is 71.0 cm³/mol. The highest BCUT2D eigenvalue weighted by Crippen LogP contribution is 2.27. The van der Waals surface area contributed by atoms with Crippen LogP contribution in [0.25, 0.3) is 0 Å². The van der Waals surface area contributed by atoms with Crippen LogP contribution in [0, 0.1) is 11.3 Å². The predicted octanol–water partition coefficient (Wildman–Crippen LogP) is 2.40. The first-order valence-corrected chi connectivity index (χ1v) is 6.33. The van der Waals surface area contributed by atoms with Crippen LogP contribution in [0.2, 0.25) is 0 Å². The Morgan fingerprint density at radius 2 is 2.06 bits per heavy atom. The molecule has 0 radical (unpaired) electrons. The van der Waals surface area contributed by atoms with E-state index in [1.165, 1.54) is 0 Å². The molecule has 0 amide bonds. The molecule has 1 aromatic carbocycles. The van der Waals surface area contributed by atoms with Gasteiger partial charge in [-0.05, 0) is 47.9 Å². The van der Waals surface area contributed by atoms with E-state index in [9.17, 15) is 0 Å². The first-order valence-electron chi connectivity index (χ1n) is 5.53. The fourth-order valence-electron chi connectivity index (χ4n) is 2.10. The zero-order valence-electron chi connectivity index (χ0n) is 9.09. The van der Waals surface area contributed by atoms with Crippen LogP contribution in [0.1, 0.15) is 18.4 Å². The van der Waals surface area contributed by atoms with Gasteiger partial charge in [-0.2, -0.15) is 0 Å². The van der Waals surface area contributed by atoms with E-state index in [2.05, 4.69) is 21.2 Å². The molecule has 1 aliphatic rings. The number of nitrogens with two attached hydrogens (primary N) is 1. The molecule has 0 atom stereocenters. The molecule has 3 nitrogen and oxygen atoms in total. The Hall–Kier alpha value is -0.870. The maximum absolute atomic E-state index is 8.23. The van der Waals surface area contributed by atoms with Crippen molar-refractivity contribution in [3.05, 3.63) is 28.2 Å². The highest BCUT2D eigenvalue weighted by Gasteiger charge is 2.20. The summed E-state index contributed by atoms with van der Waals surface area (Å²) in [6.45, 7) is 2.00. The quantitative estimate of drug-likeness (QED) is 0.576. The van der Waals surface area contributed by atoms with Crippen molar-refractivity contribution in [1.82, 2.24) is 5.32 Å². The van der Waals surface area contributed by atoms with Crippen molar-refractivity contribution in [2.75, 3.05) is 18.8 Å². The number of benzene rings is 1. The molecule has 0 unspecified atom stereocenters. The summed E-state index contributed by atoms with van der Waals surface area (Å²) in [5, 5.41) is 11.5. The smallest absolute Gasteiger partial charge is 0.0550 e. The molecule has 4 N–H and O–H groups in total. The molecular formula is C12H16BrN3. The van der Waals surface area contributed by atoms with E-state index < -0.39 is 0 Å². The van der Waals surface area contributed by atoms with Crippen LogP contribution >= 0.6 is 15.9 Å². The third-order valence-electron chi connectivity index (χ3n) is 3.09. The normalized spacial score (nSPS) is 17.3. The number of piperidine rings is 1. The summed E-state index contributed by atoms with van der Waals surface area (Å²) < 4.78 is 0.878. The Kier molecular flexibility index (Phi) is 3.61. The minimum absolute atomic E-state index is 0.345. The van der Waals surface area contributed by atoms with Gasteiger partial charge in [0.05, 0.1) is 5.69 Å². The number of nitrogens with one attached hydrogen (secondary N) is 2.